The van der Waals surface area contributed by atoms with Crippen molar-refractivity contribution in [2.45, 2.75) is 63.0 Å². The van der Waals surface area contributed by atoms with Gasteiger partial charge < -0.3 is 15.1 Å². The van der Waals surface area contributed by atoms with E-state index in [2.05, 4.69) is 15.2 Å². The molecule has 1 aromatic carbocycles. The van der Waals surface area contributed by atoms with Crippen LogP contribution in [0.25, 0.3) is 0 Å². The Bertz CT molecular complexity index is 1080. The molecule has 1 fully saturated rings. The topological polar surface area (TPSA) is 48.5 Å². The van der Waals surface area contributed by atoms with Crippen molar-refractivity contribution in [1.29, 1.82) is 0 Å². The van der Waals surface area contributed by atoms with E-state index in [4.69, 9.17) is 0 Å². The largest absolute Gasteiger partial charge is 0.433 e. The molecule has 0 unspecified atom stereocenters. The van der Waals surface area contributed by atoms with Gasteiger partial charge in [0.1, 0.15) is 11.4 Å². The Morgan fingerprint density at radius 3 is 2.19 bits per heavy atom. The van der Waals surface area contributed by atoms with E-state index in [0.29, 0.717) is 43.4 Å². The van der Waals surface area contributed by atoms with Crippen LogP contribution in [0, 0.1) is 0 Å². The van der Waals surface area contributed by atoms with Gasteiger partial charge in [0.15, 0.2) is 0 Å². The minimum Gasteiger partial charge on any atom is -0.374 e. The van der Waals surface area contributed by atoms with E-state index < -0.39 is 23.7 Å². The predicted molar refractivity (Wildman–Crippen MR) is 124 cm³/mol. The monoisotopic (exact) mass is 514 g/mol. The van der Waals surface area contributed by atoms with E-state index in [1.54, 1.807) is 0 Å². The van der Waals surface area contributed by atoms with Crippen LogP contribution >= 0.6 is 0 Å². The first-order valence-electron chi connectivity index (χ1n) is 11.9. The lowest BCUT2D eigenvalue weighted by Crippen LogP contribution is -2.43. The highest BCUT2D eigenvalue weighted by atomic mass is 19.4. The molecule has 1 aromatic heterocycles. The van der Waals surface area contributed by atoms with Crippen LogP contribution in [0.2, 0.25) is 0 Å². The standard InChI is InChI=1S/C25H28F6N4O/c1-34-11-3-4-15-5-6-16(12-20(15)34)23(36)32-17-7-9-18(10-8-17)35(2)19-13-21(24(26,27)28)33-22(14-19)25(29,30)31/h5-6,12-14,17-18H,3-4,7-11H2,1-2H3,(H,32,36). The maximum atomic E-state index is 13.2. The van der Waals surface area contributed by atoms with Gasteiger partial charge in [-0.3, -0.25) is 4.79 Å². The predicted octanol–water partition coefficient (Wildman–Crippen LogP) is 5.68. The molecule has 0 spiro atoms. The number of alkyl halides is 6. The zero-order chi connectivity index (χ0) is 26.3. The van der Waals surface area contributed by atoms with Crippen LogP contribution < -0.4 is 15.1 Å². The van der Waals surface area contributed by atoms with Gasteiger partial charge in [-0.25, -0.2) is 4.98 Å². The Kier molecular flexibility index (Phi) is 7.12. The number of pyridine rings is 1. The van der Waals surface area contributed by atoms with E-state index >= 15 is 0 Å². The molecule has 2 aromatic rings. The number of carbonyl (C=O) groups excluding carboxylic acids is 1. The summed E-state index contributed by atoms with van der Waals surface area (Å²) < 4.78 is 79.1. The Labute approximate surface area is 205 Å². The number of halogens is 6. The number of amides is 1. The van der Waals surface area contributed by atoms with Crippen LogP contribution in [0.5, 0.6) is 0 Å². The molecule has 0 bridgehead atoms. The number of nitrogens with zero attached hydrogens (tertiary/aromatic N) is 3. The van der Waals surface area contributed by atoms with Crippen molar-refractivity contribution < 1.29 is 31.1 Å². The van der Waals surface area contributed by atoms with Gasteiger partial charge >= 0.3 is 12.4 Å². The van der Waals surface area contributed by atoms with Gasteiger partial charge in [0.05, 0.1) is 0 Å². The number of aromatic nitrogens is 1. The number of hydrogen-bond acceptors (Lipinski definition) is 4. The molecule has 0 atom stereocenters. The van der Waals surface area contributed by atoms with E-state index in [1.165, 1.54) is 17.5 Å². The Morgan fingerprint density at radius 2 is 1.61 bits per heavy atom. The summed E-state index contributed by atoms with van der Waals surface area (Å²) in [6.45, 7) is 0.933. The Hall–Kier alpha value is -2.98. The maximum absolute atomic E-state index is 13.2. The molecule has 1 amide bonds. The normalized spacial score (nSPS) is 20.6. The summed E-state index contributed by atoms with van der Waals surface area (Å²) in [7, 11) is 3.48. The minimum absolute atomic E-state index is 0.121. The van der Waals surface area contributed by atoms with Crippen LogP contribution in [0.1, 0.15) is 59.4 Å². The fourth-order valence-corrected chi connectivity index (χ4v) is 5.00. The highest BCUT2D eigenvalue weighted by molar-refractivity contribution is 5.95. The summed E-state index contributed by atoms with van der Waals surface area (Å²) in [4.78, 5) is 19.2. The number of carbonyl (C=O) groups is 1. The lowest BCUT2D eigenvalue weighted by molar-refractivity contribution is -0.150. The lowest BCUT2D eigenvalue weighted by Gasteiger charge is -2.36. The fraction of sp³-hybridized carbons (Fsp3) is 0.520. The zero-order valence-electron chi connectivity index (χ0n) is 20.0. The molecule has 36 heavy (non-hydrogen) atoms. The Balaban J connectivity index is 1.41. The van der Waals surface area contributed by atoms with E-state index in [0.717, 1.165) is 25.1 Å². The van der Waals surface area contributed by atoms with Crippen molar-refractivity contribution >= 4 is 17.3 Å². The van der Waals surface area contributed by atoms with Gasteiger partial charge in [-0.15, -0.1) is 0 Å². The number of aryl methyl sites for hydroxylation is 1. The zero-order valence-corrected chi connectivity index (χ0v) is 20.0. The number of nitrogens with one attached hydrogen (secondary N) is 1. The van der Waals surface area contributed by atoms with Crippen molar-refractivity contribution in [3.8, 4) is 0 Å². The second-order valence-corrected chi connectivity index (χ2v) is 9.55. The van der Waals surface area contributed by atoms with E-state index in [-0.39, 0.29) is 23.7 Å². The molecule has 2 heterocycles. The molecule has 11 heteroatoms. The molecule has 4 rings (SSSR count). The molecular weight excluding hydrogens is 486 g/mol. The van der Waals surface area contributed by atoms with Gasteiger partial charge in [0, 0.05) is 49.7 Å². The minimum atomic E-state index is -5.00. The maximum Gasteiger partial charge on any atom is 0.433 e. The quantitative estimate of drug-likeness (QED) is 0.534. The van der Waals surface area contributed by atoms with E-state index in [9.17, 15) is 31.1 Å². The van der Waals surface area contributed by atoms with Crippen molar-refractivity contribution in [2.75, 3.05) is 30.4 Å². The van der Waals surface area contributed by atoms with Crippen molar-refractivity contribution in [3.63, 3.8) is 0 Å². The third kappa shape index (κ3) is 5.70. The van der Waals surface area contributed by atoms with Crippen LogP contribution in [0.15, 0.2) is 30.3 Å². The molecule has 5 nitrogen and oxygen atoms in total. The number of benzene rings is 1. The third-order valence-electron chi connectivity index (χ3n) is 7.08. The van der Waals surface area contributed by atoms with Gasteiger partial charge in [0.25, 0.3) is 5.91 Å². The summed E-state index contributed by atoms with van der Waals surface area (Å²) in [5.41, 5.74) is -0.504. The molecule has 1 aliphatic heterocycles. The molecule has 1 aliphatic carbocycles. The molecule has 0 saturated heterocycles. The van der Waals surface area contributed by atoms with Crippen LogP contribution in [-0.2, 0) is 18.8 Å². The summed E-state index contributed by atoms with van der Waals surface area (Å²) in [5, 5.41) is 3.03. The van der Waals surface area contributed by atoms with Crippen LogP contribution in [0.4, 0.5) is 37.7 Å². The first-order chi connectivity index (χ1) is 16.8. The second-order valence-electron chi connectivity index (χ2n) is 9.55. The molecular formula is C25H28F6N4O. The van der Waals surface area contributed by atoms with Gasteiger partial charge in [-0.1, -0.05) is 6.07 Å². The molecule has 1 N–H and O–H groups in total. The number of rotatable bonds is 4. The van der Waals surface area contributed by atoms with Gasteiger partial charge in [0.2, 0.25) is 0 Å². The summed E-state index contributed by atoms with van der Waals surface area (Å²) >= 11 is 0. The highest BCUT2D eigenvalue weighted by Crippen LogP contribution is 2.37. The summed E-state index contributed by atoms with van der Waals surface area (Å²) in [5.74, 6) is -0.188. The van der Waals surface area contributed by atoms with Crippen molar-refractivity contribution in [3.05, 3.63) is 52.8 Å². The molecule has 2 aliphatic rings. The first-order valence-corrected chi connectivity index (χ1v) is 11.9. The van der Waals surface area contributed by atoms with Crippen molar-refractivity contribution in [1.82, 2.24) is 10.3 Å². The highest BCUT2D eigenvalue weighted by Gasteiger charge is 2.39. The fourth-order valence-electron chi connectivity index (χ4n) is 5.00. The van der Waals surface area contributed by atoms with Crippen LogP contribution in [-0.4, -0.2) is 43.6 Å². The molecule has 1 saturated carbocycles. The average molecular weight is 515 g/mol. The number of fused-ring (bicyclic) bond motifs is 1. The second kappa shape index (κ2) is 9.82. The number of hydrogen-bond donors (Lipinski definition) is 1. The third-order valence-corrected chi connectivity index (χ3v) is 7.08. The molecule has 196 valence electrons. The number of anilines is 2. The van der Waals surface area contributed by atoms with Gasteiger partial charge in [-0.05, 0) is 68.4 Å². The Morgan fingerprint density at radius 1 is 1.00 bits per heavy atom. The van der Waals surface area contributed by atoms with E-state index in [1.807, 2.05) is 25.2 Å². The SMILES string of the molecule is CN1CCCc2ccc(C(=O)NC3CCC(N(C)c4cc(C(F)(F)F)nc(C(F)(F)F)c4)CC3)cc21. The molecule has 0 radical (unpaired) electrons. The van der Waals surface area contributed by atoms with Crippen molar-refractivity contribution in [2.24, 2.45) is 0 Å². The summed E-state index contributed by atoms with van der Waals surface area (Å²) in [6, 6.07) is 6.59. The first kappa shape index (κ1) is 26.1. The average Bonchev–Trinajstić information content (AvgIpc) is 2.83. The van der Waals surface area contributed by atoms with Crippen LogP contribution in [0.3, 0.4) is 0 Å². The lowest BCUT2D eigenvalue weighted by atomic mass is 9.89. The smallest absolute Gasteiger partial charge is 0.374 e. The summed E-state index contributed by atoms with van der Waals surface area (Å²) in [6.07, 6.45) is -5.79. The van der Waals surface area contributed by atoms with Gasteiger partial charge in [-0.2, -0.15) is 26.3 Å².